The summed E-state index contributed by atoms with van der Waals surface area (Å²) in [5.74, 6) is 0. The van der Waals surface area contributed by atoms with Crippen molar-refractivity contribution >= 4 is 0 Å². The summed E-state index contributed by atoms with van der Waals surface area (Å²) in [6, 6.07) is 2.44. The van der Waals surface area contributed by atoms with Crippen LogP contribution < -0.4 is 5.69 Å². The molecule has 0 atom stereocenters. The van der Waals surface area contributed by atoms with Crippen LogP contribution in [0.15, 0.2) is 29.5 Å². The van der Waals surface area contributed by atoms with Gasteiger partial charge in [0, 0.05) is 25.1 Å². The number of hydrogen-bond donors (Lipinski definition) is 0. The van der Waals surface area contributed by atoms with Crippen molar-refractivity contribution in [3.8, 4) is 0 Å². The van der Waals surface area contributed by atoms with Gasteiger partial charge in [-0.2, -0.15) is 5.10 Å². The first-order valence-electron chi connectivity index (χ1n) is 6.99. The average molecular weight is 262 g/mol. The second-order valence-corrected chi connectivity index (χ2v) is 4.75. The first-order chi connectivity index (χ1) is 9.19. The molecule has 0 aromatic carbocycles. The predicted molar refractivity (Wildman–Crippen MR) is 75.3 cm³/mol. The Labute approximate surface area is 113 Å². The third kappa shape index (κ3) is 2.80. The van der Waals surface area contributed by atoms with Gasteiger partial charge in [-0.25, -0.2) is 4.79 Å². The highest BCUT2D eigenvalue weighted by Gasteiger charge is 2.09. The molecule has 0 radical (unpaired) electrons. The molecular formula is C14H22N4O. The van der Waals surface area contributed by atoms with Gasteiger partial charge in [0.2, 0.25) is 0 Å². The van der Waals surface area contributed by atoms with Gasteiger partial charge in [0.05, 0.1) is 18.3 Å². The summed E-state index contributed by atoms with van der Waals surface area (Å²) in [5, 5.41) is 4.57. The second kappa shape index (κ2) is 5.91. The third-order valence-corrected chi connectivity index (χ3v) is 3.57. The van der Waals surface area contributed by atoms with Crippen LogP contribution in [0.25, 0.3) is 0 Å². The smallest absolute Gasteiger partial charge is 0.300 e. The van der Waals surface area contributed by atoms with Crippen LogP contribution in [0.1, 0.15) is 45.3 Å². The van der Waals surface area contributed by atoms with Gasteiger partial charge in [0.15, 0.2) is 0 Å². The number of rotatable bonds is 6. The molecule has 2 aromatic heterocycles. The third-order valence-electron chi connectivity index (χ3n) is 3.57. The molecule has 0 aliphatic heterocycles. The van der Waals surface area contributed by atoms with Crippen LogP contribution in [0.5, 0.6) is 0 Å². The van der Waals surface area contributed by atoms with E-state index >= 15 is 0 Å². The van der Waals surface area contributed by atoms with Crippen LogP contribution in [0, 0.1) is 0 Å². The van der Waals surface area contributed by atoms with E-state index in [1.807, 2.05) is 36.3 Å². The maximum atomic E-state index is 11.9. The summed E-state index contributed by atoms with van der Waals surface area (Å²) in [7, 11) is 0. The van der Waals surface area contributed by atoms with E-state index in [-0.39, 0.29) is 5.69 Å². The summed E-state index contributed by atoms with van der Waals surface area (Å²) < 4.78 is 5.40. The van der Waals surface area contributed by atoms with Gasteiger partial charge in [-0.15, -0.1) is 0 Å². The Morgan fingerprint density at radius 2 is 1.79 bits per heavy atom. The number of aromatic nitrogens is 4. The van der Waals surface area contributed by atoms with E-state index in [0.717, 1.165) is 18.5 Å². The molecule has 0 N–H and O–H groups in total. The van der Waals surface area contributed by atoms with Gasteiger partial charge in [0.1, 0.15) is 0 Å². The van der Waals surface area contributed by atoms with E-state index in [4.69, 9.17) is 0 Å². The summed E-state index contributed by atoms with van der Waals surface area (Å²) in [4.78, 5) is 11.9. The minimum Gasteiger partial charge on any atom is -0.300 e. The SMILES string of the molecule is CCC(CC)n1ccc(Cn2ccn(CC)c2=O)n1. The van der Waals surface area contributed by atoms with E-state index < -0.39 is 0 Å². The molecule has 0 aliphatic carbocycles. The topological polar surface area (TPSA) is 44.8 Å². The minimum absolute atomic E-state index is 0.0274. The Morgan fingerprint density at radius 1 is 1.11 bits per heavy atom. The molecular weight excluding hydrogens is 240 g/mol. The number of aryl methyl sites for hydroxylation is 1. The Morgan fingerprint density at radius 3 is 2.37 bits per heavy atom. The first kappa shape index (κ1) is 13.6. The lowest BCUT2D eigenvalue weighted by molar-refractivity contribution is 0.424. The maximum absolute atomic E-state index is 11.9. The van der Waals surface area contributed by atoms with Crippen LogP contribution in [-0.4, -0.2) is 18.9 Å². The van der Waals surface area contributed by atoms with E-state index in [0.29, 0.717) is 19.1 Å². The lowest BCUT2D eigenvalue weighted by atomic mass is 10.2. The minimum atomic E-state index is 0.0274. The van der Waals surface area contributed by atoms with Crippen molar-refractivity contribution in [3.63, 3.8) is 0 Å². The van der Waals surface area contributed by atoms with E-state index in [1.54, 1.807) is 9.13 Å². The highest BCUT2D eigenvalue weighted by Crippen LogP contribution is 2.14. The summed E-state index contributed by atoms with van der Waals surface area (Å²) in [5.41, 5.74) is 0.961. The van der Waals surface area contributed by atoms with Crippen molar-refractivity contribution in [2.75, 3.05) is 0 Å². The van der Waals surface area contributed by atoms with Gasteiger partial charge in [-0.1, -0.05) is 13.8 Å². The normalized spacial score (nSPS) is 11.4. The van der Waals surface area contributed by atoms with Gasteiger partial charge in [-0.3, -0.25) is 13.8 Å². The van der Waals surface area contributed by atoms with Crippen molar-refractivity contribution < 1.29 is 0 Å². The molecule has 2 heterocycles. The molecule has 5 nitrogen and oxygen atoms in total. The van der Waals surface area contributed by atoms with E-state index in [1.165, 1.54) is 0 Å². The molecule has 104 valence electrons. The quantitative estimate of drug-likeness (QED) is 0.801. The van der Waals surface area contributed by atoms with Gasteiger partial charge < -0.3 is 0 Å². The van der Waals surface area contributed by atoms with Gasteiger partial charge in [-0.05, 0) is 25.8 Å². The molecule has 0 fully saturated rings. The molecule has 2 rings (SSSR count). The van der Waals surface area contributed by atoms with Crippen molar-refractivity contribution in [1.82, 2.24) is 18.9 Å². The second-order valence-electron chi connectivity index (χ2n) is 4.75. The van der Waals surface area contributed by atoms with E-state index in [9.17, 15) is 4.79 Å². The predicted octanol–water partition coefficient (Wildman–Crippen LogP) is 2.28. The summed E-state index contributed by atoms with van der Waals surface area (Å²) >= 11 is 0. The fourth-order valence-corrected chi connectivity index (χ4v) is 2.32. The fourth-order valence-electron chi connectivity index (χ4n) is 2.32. The zero-order chi connectivity index (χ0) is 13.8. The first-order valence-corrected chi connectivity index (χ1v) is 6.99. The van der Waals surface area contributed by atoms with Crippen LogP contribution in [0.3, 0.4) is 0 Å². The number of imidazole rings is 1. The van der Waals surface area contributed by atoms with Gasteiger partial charge >= 0.3 is 5.69 Å². The summed E-state index contributed by atoms with van der Waals surface area (Å²) in [6.07, 6.45) is 7.80. The Bertz CT molecular complexity index is 574. The number of nitrogens with zero attached hydrogens (tertiary/aromatic N) is 4. The van der Waals surface area contributed by atoms with Crippen LogP contribution in [0.4, 0.5) is 0 Å². The molecule has 0 unspecified atom stereocenters. The highest BCUT2D eigenvalue weighted by atomic mass is 16.1. The highest BCUT2D eigenvalue weighted by molar-refractivity contribution is 5.01. The van der Waals surface area contributed by atoms with Crippen LogP contribution in [-0.2, 0) is 13.1 Å². The molecule has 0 spiro atoms. The van der Waals surface area contributed by atoms with Crippen molar-refractivity contribution in [3.05, 3.63) is 40.8 Å². The molecule has 0 aliphatic rings. The Kier molecular flexibility index (Phi) is 4.24. The zero-order valence-corrected chi connectivity index (χ0v) is 11.9. The van der Waals surface area contributed by atoms with Crippen LogP contribution >= 0.6 is 0 Å². The van der Waals surface area contributed by atoms with Crippen molar-refractivity contribution in [2.45, 2.75) is 52.7 Å². The molecule has 0 saturated heterocycles. The summed E-state index contributed by atoms with van der Waals surface area (Å²) in [6.45, 7) is 7.54. The Balaban J connectivity index is 2.15. The van der Waals surface area contributed by atoms with E-state index in [2.05, 4.69) is 18.9 Å². The maximum Gasteiger partial charge on any atom is 0.328 e. The van der Waals surface area contributed by atoms with Crippen LogP contribution in [0.2, 0.25) is 0 Å². The number of hydrogen-bond acceptors (Lipinski definition) is 2. The lowest BCUT2D eigenvalue weighted by Crippen LogP contribution is -2.24. The van der Waals surface area contributed by atoms with Crippen molar-refractivity contribution in [2.24, 2.45) is 0 Å². The zero-order valence-electron chi connectivity index (χ0n) is 11.9. The molecule has 0 bridgehead atoms. The lowest BCUT2D eigenvalue weighted by Gasteiger charge is -2.12. The molecule has 0 saturated carbocycles. The van der Waals surface area contributed by atoms with Gasteiger partial charge in [0.25, 0.3) is 0 Å². The largest absolute Gasteiger partial charge is 0.328 e. The molecule has 0 amide bonds. The molecule has 19 heavy (non-hydrogen) atoms. The standard InChI is InChI=1S/C14H22N4O/c1-4-13(5-2)18-8-7-12(15-18)11-17-10-9-16(6-3)14(17)19/h7-10,13H,4-6,11H2,1-3H3. The average Bonchev–Trinajstić information content (AvgIpc) is 3.00. The molecule has 5 heteroatoms. The molecule has 2 aromatic rings. The Hall–Kier alpha value is -1.78. The fraction of sp³-hybridized carbons (Fsp3) is 0.571. The monoisotopic (exact) mass is 262 g/mol. The van der Waals surface area contributed by atoms with Crippen molar-refractivity contribution in [1.29, 1.82) is 0 Å².